The molecular formula is C10H9Cl2N3O. The van der Waals surface area contributed by atoms with E-state index in [1.807, 2.05) is 6.07 Å². The summed E-state index contributed by atoms with van der Waals surface area (Å²) in [4.78, 5) is 3.98. The smallest absolute Gasteiger partial charge is 0.139 e. The predicted molar refractivity (Wildman–Crippen MR) is 64.7 cm³/mol. The fourth-order valence-electron chi connectivity index (χ4n) is 1.08. The number of alkyl halides is 1. The SMILES string of the molecule is COc1ccc(C#N)c(N=C(N)CCl)c1Cl. The molecule has 2 N–H and O–H groups in total. The number of amidine groups is 1. The zero-order valence-corrected chi connectivity index (χ0v) is 10.0. The van der Waals surface area contributed by atoms with Crippen molar-refractivity contribution in [2.45, 2.75) is 0 Å². The Kier molecular flexibility index (Phi) is 4.41. The van der Waals surface area contributed by atoms with Crippen LogP contribution in [-0.4, -0.2) is 18.8 Å². The molecule has 0 spiro atoms. The molecule has 0 heterocycles. The van der Waals surface area contributed by atoms with E-state index in [-0.39, 0.29) is 22.4 Å². The Bertz CT molecular complexity index is 466. The minimum Gasteiger partial charge on any atom is -0.495 e. The van der Waals surface area contributed by atoms with Crippen LogP contribution in [0.2, 0.25) is 5.02 Å². The van der Waals surface area contributed by atoms with Gasteiger partial charge in [0.15, 0.2) is 0 Å². The minimum atomic E-state index is 0.0679. The van der Waals surface area contributed by atoms with E-state index in [9.17, 15) is 0 Å². The van der Waals surface area contributed by atoms with Gasteiger partial charge >= 0.3 is 0 Å². The molecule has 16 heavy (non-hydrogen) atoms. The van der Waals surface area contributed by atoms with E-state index in [1.54, 1.807) is 12.1 Å². The molecule has 0 amide bonds. The molecule has 0 aliphatic heterocycles. The molecule has 0 bridgehead atoms. The maximum absolute atomic E-state index is 8.90. The molecular weight excluding hydrogens is 249 g/mol. The van der Waals surface area contributed by atoms with Gasteiger partial charge in [0.25, 0.3) is 0 Å². The van der Waals surface area contributed by atoms with E-state index in [4.69, 9.17) is 38.9 Å². The molecule has 0 aliphatic rings. The van der Waals surface area contributed by atoms with Gasteiger partial charge in [0, 0.05) is 0 Å². The van der Waals surface area contributed by atoms with Crippen LogP contribution in [0.25, 0.3) is 0 Å². The van der Waals surface area contributed by atoms with Crippen molar-refractivity contribution in [3.8, 4) is 11.8 Å². The standard InChI is InChI=1S/C10H9Cl2N3O/c1-16-7-3-2-6(5-13)10(9(7)12)15-8(14)4-11/h2-3H,4H2,1H3,(H2,14,15). The largest absolute Gasteiger partial charge is 0.495 e. The first-order valence-corrected chi connectivity index (χ1v) is 5.20. The van der Waals surface area contributed by atoms with Gasteiger partial charge in [-0.05, 0) is 12.1 Å². The highest BCUT2D eigenvalue weighted by molar-refractivity contribution is 6.35. The summed E-state index contributed by atoms with van der Waals surface area (Å²) in [5.41, 5.74) is 6.10. The van der Waals surface area contributed by atoms with E-state index < -0.39 is 0 Å². The zero-order chi connectivity index (χ0) is 12.1. The highest BCUT2D eigenvalue weighted by atomic mass is 35.5. The first-order valence-electron chi connectivity index (χ1n) is 4.29. The molecule has 1 aromatic rings. The molecule has 1 aromatic carbocycles. The van der Waals surface area contributed by atoms with Crippen LogP contribution in [0.5, 0.6) is 5.75 Å². The van der Waals surface area contributed by atoms with E-state index >= 15 is 0 Å². The first kappa shape index (κ1) is 12.6. The van der Waals surface area contributed by atoms with Crippen molar-refractivity contribution in [1.29, 1.82) is 5.26 Å². The summed E-state index contributed by atoms with van der Waals surface area (Å²) < 4.78 is 5.02. The second kappa shape index (κ2) is 5.59. The topological polar surface area (TPSA) is 71.4 Å². The molecule has 0 aromatic heterocycles. The predicted octanol–water partition coefficient (Wildman–Crippen LogP) is 2.45. The van der Waals surface area contributed by atoms with Crippen LogP contribution in [0.15, 0.2) is 17.1 Å². The van der Waals surface area contributed by atoms with Crippen molar-refractivity contribution in [3.63, 3.8) is 0 Å². The number of rotatable bonds is 3. The molecule has 0 atom stereocenters. The van der Waals surface area contributed by atoms with Crippen LogP contribution in [0.4, 0.5) is 5.69 Å². The Labute approximate surface area is 103 Å². The fraction of sp³-hybridized carbons (Fsp3) is 0.200. The van der Waals surface area contributed by atoms with Gasteiger partial charge in [-0.3, -0.25) is 0 Å². The molecule has 0 aliphatic carbocycles. The maximum Gasteiger partial charge on any atom is 0.139 e. The van der Waals surface area contributed by atoms with Gasteiger partial charge in [0.1, 0.15) is 28.4 Å². The lowest BCUT2D eigenvalue weighted by Gasteiger charge is -2.07. The van der Waals surface area contributed by atoms with E-state index in [0.717, 1.165) is 0 Å². The average molecular weight is 258 g/mol. The van der Waals surface area contributed by atoms with Crippen molar-refractivity contribution in [2.24, 2.45) is 10.7 Å². The van der Waals surface area contributed by atoms with Gasteiger partial charge in [-0.1, -0.05) is 11.6 Å². The first-order chi connectivity index (χ1) is 7.63. The van der Waals surface area contributed by atoms with Crippen molar-refractivity contribution in [1.82, 2.24) is 0 Å². The van der Waals surface area contributed by atoms with Crippen molar-refractivity contribution in [3.05, 3.63) is 22.7 Å². The molecule has 6 heteroatoms. The number of nitrogens with two attached hydrogens (primary N) is 1. The molecule has 0 fully saturated rings. The summed E-state index contributed by atoms with van der Waals surface area (Å²) in [6, 6.07) is 5.13. The minimum absolute atomic E-state index is 0.0679. The second-order valence-corrected chi connectivity index (χ2v) is 3.47. The zero-order valence-electron chi connectivity index (χ0n) is 8.50. The Morgan fingerprint density at radius 1 is 1.62 bits per heavy atom. The van der Waals surface area contributed by atoms with Crippen LogP contribution in [-0.2, 0) is 0 Å². The Hall–Kier alpha value is -1.44. The highest BCUT2D eigenvalue weighted by Gasteiger charge is 2.11. The van der Waals surface area contributed by atoms with E-state index in [0.29, 0.717) is 11.3 Å². The summed E-state index contributed by atoms with van der Waals surface area (Å²) in [6.07, 6.45) is 0. The third-order valence-electron chi connectivity index (χ3n) is 1.81. The number of benzene rings is 1. The van der Waals surface area contributed by atoms with Gasteiger partial charge < -0.3 is 10.5 Å². The lowest BCUT2D eigenvalue weighted by molar-refractivity contribution is 0.415. The molecule has 4 nitrogen and oxygen atoms in total. The molecule has 0 saturated heterocycles. The molecule has 0 saturated carbocycles. The summed E-state index contributed by atoms with van der Waals surface area (Å²) in [5, 5.41) is 9.14. The third-order valence-corrected chi connectivity index (χ3v) is 2.45. The van der Waals surface area contributed by atoms with Crippen molar-refractivity contribution >= 4 is 34.7 Å². The number of hydrogen-bond donors (Lipinski definition) is 1. The third kappa shape index (κ3) is 2.57. The van der Waals surface area contributed by atoms with Crippen molar-refractivity contribution in [2.75, 3.05) is 13.0 Å². The summed E-state index contributed by atoms with van der Waals surface area (Å²) in [6.45, 7) is 0. The quantitative estimate of drug-likeness (QED) is 0.514. The van der Waals surface area contributed by atoms with Gasteiger partial charge in [-0.2, -0.15) is 5.26 Å². The highest BCUT2D eigenvalue weighted by Crippen LogP contribution is 2.36. The Balaban J connectivity index is 3.39. The number of nitriles is 1. The van der Waals surface area contributed by atoms with E-state index in [1.165, 1.54) is 7.11 Å². The van der Waals surface area contributed by atoms with Crippen LogP contribution in [0.3, 0.4) is 0 Å². The number of nitrogens with zero attached hydrogens (tertiary/aromatic N) is 2. The normalized spacial score (nSPS) is 11.0. The monoisotopic (exact) mass is 257 g/mol. The lowest BCUT2D eigenvalue weighted by Crippen LogP contribution is -2.12. The number of hydrogen-bond acceptors (Lipinski definition) is 3. The fourth-order valence-corrected chi connectivity index (χ4v) is 1.42. The van der Waals surface area contributed by atoms with E-state index in [2.05, 4.69) is 4.99 Å². The summed E-state index contributed by atoms with van der Waals surface area (Å²) >= 11 is 11.5. The molecule has 1 rings (SSSR count). The summed E-state index contributed by atoms with van der Waals surface area (Å²) in [5.74, 6) is 0.688. The van der Waals surface area contributed by atoms with Crippen LogP contribution >= 0.6 is 23.2 Å². The second-order valence-electron chi connectivity index (χ2n) is 2.83. The van der Waals surface area contributed by atoms with Crippen LogP contribution in [0.1, 0.15) is 5.56 Å². The molecule has 0 radical (unpaired) electrons. The number of ether oxygens (including phenoxy) is 1. The number of methoxy groups -OCH3 is 1. The van der Waals surface area contributed by atoms with Gasteiger partial charge in [0.05, 0.1) is 18.6 Å². The lowest BCUT2D eigenvalue weighted by atomic mass is 10.2. The van der Waals surface area contributed by atoms with Gasteiger partial charge in [-0.25, -0.2) is 4.99 Å². The van der Waals surface area contributed by atoms with Gasteiger partial charge in [-0.15, -0.1) is 11.6 Å². The van der Waals surface area contributed by atoms with Gasteiger partial charge in [0.2, 0.25) is 0 Å². The molecule has 0 unspecified atom stereocenters. The number of halogens is 2. The number of aliphatic imine (C=N–C) groups is 1. The van der Waals surface area contributed by atoms with Crippen LogP contribution < -0.4 is 10.5 Å². The Morgan fingerprint density at radius 3 is 2.81 bits per heavy atom. The van der Waals surface area contributed by atoms with Crippen molar-refractivity contribution < 1.29 is 4.74 Å². The summed E-state index contributed by atoms with van der Waals surface area (Å²) in [7, 11) is 1.48. The molecule has 84 valence electrons. The Morgan fingerprint density at radius 2 is 2.31 bits per heavy atom. The van der Waals surface area contributed by atoms with Crippen LogP contribution in [0, 0.1) is 11.3 Å². The average Bonchev–Trinajstić information content (AvgIpc) is 2.31. The maximum atomic E-state index is 8.90.